The zero-order chi connectivity index (χ0) is 11.3. The summed E-state index contributed by atoms with van der Waals surface area (Å²) >= 11 is 0. The summed E-state index contributed by atoms with van der Waals surface area (Å²) in [7, 11) is -1.94. The van der Waals surface area contributed by atoms with Gasteiger partial charge in [0, 0.05) is 11.2 Å². The van der Waals surface area contributed by atoms with Crippen LogP contribution in [0.3, 0.4) is 0 Å². The molecule has 0 aliphatic rings. The normalized spacial score (nSPS) is 14.6. The van der Waals surface area contributed by atoms with Gasteiger partial charge in [0.15, 0.2) is 0 Å². The highest BCUT2D eigenvalue weighted by Gasteiger charge is 2.02. The summed E-state index contributed by atoms with van der Waals surface area (Å²) in [6.45, 7) is 2.56. The van der Waals surface area contributed by atoms with Gasteiger partial charge in [0.25, 0.3) is 0 Å². The molecule has 0 heterocycles. The molecule has 0 bridgehead atoms. The van der Waals surface area contributed by atoms with E-state index >= 15 is 0 Å². The van der Waals surface area contributed by atoms with E-state index < -0.39 is 9.52 Å². The molecule has 0 fully saturated rings. The van der Waals surface area contributed by atoms with E-state index in [0.717, 1.165) is 24.3 Å². The van der Waals surface area contributed by atoms with Gasteiger partial charge in [-0.3, -0.25) is 4.21 Å². The second-order valence-electron chi connectivity index (χ2n) is 3.68. The van der Waals surface area contributed by atoms with Gasteiger partial charge in [0.1, 0.15) is 0 Å². The number of hydrogen-bond acceptors (Lipinski definition) is 2. The quantitative estimate of drug-likeness (QED) is 0.792. The molecule has 1 rings (SSSR count). The minimum Gasteiger partial charge on any atom is -0.330 e. The van der Waals surface area contributed by atoms with E-state index in [1.54, 1.807) is 11.6 Å². The van der Waals surface area contributed by atoms with Gasteiger partial charge in [-0.05, 0) is 58.9 Å². The van der Waals surface area contributed by atoms with Gasteiger partial charge in [0.2, 0.25) is 0 Å². The average molecular weight is 225 g/mol. The van der Waals surface area contributed by atoms with Gasteiger partial charge < -0.3 is 5.73 Å². The lowest BCUT2D eigenvalue weighted by Gasteiger charge is -2.05. The fourth-order valence-corrected chi connectivity index (χ4v) is 2.32. The van der Waals surface area contributed by atoms with Crippen molar-refractivity contribution in [2.45, 2.75) is 24.7 Å². The molecule has 0 saturated heterocycles. The van der Waals surface area contributed by atoms with Gasteiger partial charge >= 0.3 is 0 Å². The molecule has 0 aliphatic heterocycles. The van der Waals surface area contributed by atoms with Gasteiger partial charge in [-0.15, -0.1) is 0 Å². The summed E-state index contributed by atoms with van der Waals surface area (Å²) in [6, 6.07) is 7.98. The highest BCUT2D eigenvalue weighted by Crippen LogP contribution is 2.12. The lowest BCUT2D eigenvalue weighted by Crippen LogP contribution is -2.02. The summed E-state index contributed by atoms with van der Waals surface area (Å²) in [4.78, 5) is 0.904. The van der Waals surface area contributed by atoms with Crippen molar-refractivity contribution in [2.24, 2.45) is 5.73 Å². The smallest absolute Gasteiger partial charge is 0.0305 e. The van der Waals surface area contributed by atoms with Gasteiger partial charge in [-0.2, -0.15) is 0 Å². The monoisotopic (exact) mass is 225 g/mol. The molecule has 0 spiro atoms. The van der Waals surface area contributed by atoms with E-state index in [1.165, 1.54) is 5.56 Å². The summed E-state index contributed by atoms with van der Waals surface area (Å²) in [5.74, 6) is 0. The Balaban J connectivity index is 2.86. The molecule has 2 N–H and O–H groups in total. The molecule has 1 aromatic carbocycles. The maximum Gasteiger partial charge on any atom is 0.0305 e. The predicted octanol–water partition coefficient (Wildman–Crippen LogP) is 1.67. The van der Waals surface area contributed by atoms with Crippen LogP contribution in [0.2, 0.25) is 0 Å². The Morgan fingerprint density at radius 2 is 1.93 bits per heavy atom. The minimum absolute atomic E-state index is 0.717. The largest absolute Gasteiger partial charge is 0.330 e. The van der Waals surface area contributed by atoms with E-state index in [0.29, 0.717) is 0 Å². The Labute approximate surface area is 92.5 Å². The van der Waals surface area contributed by atoms with Gasteiger partial charge in [-0.1, -0.05) is 12.1 Å². The number of nitrogens with two attached hydrogens (primary N) is 1. The highest BCUT2D eigenvalue weighted by molar-refractivity contribution is 8.00. The van der Waals surface area contributed by atoms with Crippen molar-refractivity contribution in [2.75, 3.05) is 12.8 Å². The van der Waals surface area contributed by atoms with Crippen LogP contribution in [0.15, 0.2) is 29.2 Å². The van der Waals surface area contributed by atoms with E-state index in [1.807, 2.05) is 31.2 Å². The molecule has 3 heteroatoms. The van der Waals surface area contributed by atoms with Crippen molar-refractivity contribution in [3.63, 3.8) is 0 Å². The maximum atomic E-state index is 12.0. The molecule has 15 heavy (non-hydrogen) atoms. The molecule has 0 saturated carbocycles. The summed E-state index contributed by atoms with van der Waals surface area (Å²) in [5, 5.41) is 1.77. The number of hydrogen-bond donors (Lipinski definition) is 1. The number of rotatable bonds is 4. The maximum absolute atomic E-state index is 12.0. The van der Waals surface area contributed by atoms with Crippen molar-refractivity contribution in [1.29, 1.82) is 0 Å². The molecule has 1 aromatic rings. The third-order valence-electron chi connectivity index (χ3n) is 2.51. The standard InChI is InChI=1S/C12H19NOS/c1-3-15(2,14)12-8-6-11(7-9-12)5-4-10-13/h3,6-9H,4-5,10,13H2,1-2H3. The van der Waals surface area contributed by atoms with Crippen LogP contribution in [0.4, 0.5) is 0 Å². The van der Waals surface area contributed by atoms with Crippen molar-refractivity contribution in [3.8, 4) is 0 Å². The molecule has 0 aromatic heterocycles. The topological polar surface area (TPSA) is 43.1 Å². The molecule has 0 aliphatic carbocycles. The number of aryl methyl sites for hydroxylation is 1. The van der Waals surface area contributed by atoms with Gasteiger partial charge in [0.05, 0.1) is 0 Å². The fraction of sp³-hybridized carbons (Fsp3) is 0.417. The van der Waals surface area contributed by atoms with Crippen LogP contribution in [0.1, 0.15) is 18.9 Å². The van der Waals surface area contributed by atoms with E-state index in [-0.39, 0.29) is 0 Å². The Morgan fingerprint density at radius 3 is 2.40 bits per heavy atom. The van der Waals surface area contributed by atoms with Crippen LogP contribution >= 0.6 is 0 Å². The van der Waals surface area contributed by atoms with Crippen LogP contribution < -0.4 is 5.73 Å². The average Bonchev–Trinajstić information content (AvgIpc) is 2.27. The van der Waals surface area contributed by atoms with Crippen molar-refractivity contribution >= 4 is 14.9 Å². The van der Waals surface area contributed by atoms with Crippen LogP contribution in [-0.2, 0) is 15.9 Å². The first-order valence-corrected chi connectivity index (χ1v) is 7.20. The van der Waals surface area contributed by atoms with E-state index in [4.69, 9.17) is 5.73 Å². The second-order valence-corrected chi connectivity index (χ2v) is 6.43. The number of benzene rings is 1. The molecule has 1 atom stereocenters. The molecular formula is C12H19NOS. The minimum atomic E-state index is -1.94. The van der Waals surface area contributed by atoms with Gasteiger partial charge in [-0.25, -0.2) is 0 Å². The highest BCUT2D eigenvalue weighted by atomic mass is 32.2. The van der Waals surface area contributed by atoms with Crippen molar-refractivity contribution < 1.29 is 4.21 Å². The Morgan fingerprint density at radius 1 is 1.33 bits per heavy atom. The zero-order valence-electron chi connectivity index (χ0n) is 9.40. The van der Waals surface area contributed by atoms with Crippen molar-refractivity contribution in [1.82, 2.24) is 0 Å². The Kier molecular flexibility index (Phi) is 4.36. The lowest BCUT2D eigenvalue weighted by molar-refractivity contribution is 0.684. The molecule has 0 radical (unpaired) electrons. The third-order valence-corrected chi connectivity index (χ3v) is 4.62. The van der Waals surface area contributed by atoms with Crippen LogP contribution in [-0.4, -0.2) is 22.4 Å². The van der Waals surface area contributed by atoms with Crippen molar-refractivity contribution in [3.05, 3.63) is 29.8 Å². The lowest BCUT2D eigenvalue weighted by atomic mass is 10.1. The molecule has 0 amide bonds. The van der Waals surface area contributed by atoms with E-state index in [9.17, 15) is 4.21 Å². The molecule has 2 nitrogen and oxygen atoms in total. The molecule has 84 valence electrons. The van der Waals surface area contributed by atoms with Crippen LogP contribution in [0.5, 0.6) is 0 Å². The summed E-state index contributed by atoms with van der Waals surface area (Å²) < 4.78 is 12.0. The Bertz CT molecular complexity index is 414. The summed E-state index contributed by atoms with van der Waals surface area (Å²) in [6.07, 6.45) is 3.76. The fourth-order valence-electron chi connectivity index (χ4n) is 1.37. The zero-order valence-corrected chi connectivity index (χ0v) is 10.2. The first-order chi connectivity index (χ1) is 7.10. The first kappa shape index (κ1) is 12.3. The molecule has 1 unspecified atom stereocenters. The third kappa shape index (κ3) is 3.36. The van der Waals surface area contributed by atoms with Crippen LogP contribution in [0.25, 0.3) is 0 Å². The second kappa shape index (κ2) is 5.33. The molecular weight excluding hydrogens is 206 g/mol. The SMILES string of the molecule is CC=S(C)(=O)c1ccc(CCCN)cc1. The predicted molar refractivity (Wildman–Crippen MR) is 67.9 cm³/mol. The summed E-state index contributed by atoms with van der Waals surface area (Å²) in [5.41, 5.74) is 6.71. The first-order valence-electron chi connectivity index (χ1n) is 5.18. The van der Waals surface area contributed by atoms with E-state index in [2.05, 4.69) is 0 Å². The van der Waals surface area contributed by atoms with Crippen LogP contribution in [0, 0.1) is 0 Å². The Hall–Kier alpha value is -0.800.